The zero-order valence-electron chi connectivity index (χ0n) is 5.89. The summed E-state index contributed by atoms with van der Waals surface area (Å²) in [7, 11) is 0. The summed E-state index contributed by atoms with van der Waals surface area (Å²) in [6.45, 7) is 0. The van der Waals surface area contributed by atoms with Crippen molar-refractivity contribution in [2.24, 2.45) is 5.92 Å². The number of hydrogen-bond donors (Lipinski definition) is 0. The van der Waals surface area contributed by atoms with E-state index in [1.807, 2.05) is 11.3 Å². The summed E-state index contributed by atoms with van der Waals surface area (Å²) in [4.78, 5) is 1.54. The largest absolute Gasteiger partial charge is 0.147 e. The second-order valence-corrected chi connectivity index (χ2v) is 5.34. The van der Waals surface area contributed by atoms with Crippen molar-refractivity contribution < 1.29 is 0 Å². The van der Waals surface area contributed by atoms with Crippen molar-refractivity contribution >= 4 is 43.2 Å². The van der Waals surface area contributed by atoms with Crippen molar-refractivity contribution in [1.82, 2.24) is 0 Å². The van der Waals surface area contributed by atoms with Gasteiger partial charge in [-0.2, -0.15) is 0 Å². The van der Waals surface area contributed by atoms with Crippen LogP contribution in [0.5, 0.6) is 0 Å². The summed E-state index contributed by atoms with van der Waals surface area (Å²) in [5.41, 5.74) is 0. The molecule has 1 aromatic heterocycles. The Morgan fingerprint density at radius 1 is 1.64 bits per heavy atom. The van der Waals surface area contributed by atoms with E-state index < -0.39 is 0 Å². The van der Waals surface area contributed by atoms with Gasteiger partial charge in [-0.15, -0.1) is 11.3 Å². The molecule has 0 bridgehead atoms. The van der Waals surface area contributed by atoms with Crippen LogP contribution in [0.25, 0.3) is 0 Å². The van der Waals surface area contributed by atoms with E-state index in [1.165, 1.54) is 15.8 Å². The lowest BCUT2D eigenvalue weighted by Gasteiger charge is -1.93. The minimum Gasteiger partial charge on any atom is -0.147 e. The molecule has 1 aliphatic rings. The molecule has 60 valence electrons. The maximum atomic E-state index is 3.56. The first-order valence-corrected chi connectivity index (χ1v) is 6.41. The Morgan fingerprint density at radius 2 is 2.45 bits per heavy atom. The van der Waals surface area contributed by atoms with Gasteiger partial charge in [-0.25, -0.2) is 0 Å². The van der Waals surface area contributed by atoms with Gasteiger partial charge < -0.3 is 0 Å². The molecule has 1 saturated carbocycles. The highest BCUT2D eigenvalue weighted by Gasteiger charge is 2.38. The summed E-state index contributed by atoms with van der Waals surface area (Å²) in [6.07, 6.45) is 1.37. The second-order valence-electron chi connectivity index (χ2n) is 2.89. The Labute approximate surface area is 87.3 Å². The second kappa shape index (κ2) is 3.19. The number of rotatable bonds is 2. The van der Waals surface area contributed by atoms with Gasteiger partial charge in [-0.05, 0) is 45.6 Å². The first kappa shape index (κ1) is 8.27. The quantitative estimate of drug-likeness (QED) is 0.723. The molecule has 2 rings (SSSR count). The number of thiophene rings is 1. The van der Waals surface area contributed by atoms with Crippen LogP contribution in [0.4, 0.5) is 0 Å². The fraction of sp³-hybridized carbons (Fsp3) is 0.500. The molecule has 0 saturated heterocycles. The molecule has 1 heterocycles. The normalized spacial score (nSPS) is 28.9. The molecule has 3 heteroatoms. The third kappa shape index (κ3) is 1.56. The SMILES string of the molecule is BrCC1CC1c1sccc1Br. The standard InChI is InChI=1S/C8H8Br2S/c9-4-5-3-6(5)8-7(10)1-2-11-8/h1-2,5-6H,3-4H2. The Balaban J connectivity index is 2.14. The van der Waals surface area contributed by atoms with Gasteiger partial charge in [0.05, 0.1) is 0 Å². The molecule has 0 radical (unpaired) electrons. The Morgan fingerprint density at radius 3 is 2.91 bits per heavy atom. The van der Waals surface area contributed by atoms with E-state index in [-0.39, 0.29) is 0 Å². The Kier molecular flexibility index (Phi) is 2.40. The predicted octanol–water partition coefficient (Wildman–Crippen LogP) is 4.01. The van der Waals surface area contributed by atoms with Crippen LogP contribution in [0, 0.1) is 5.92 Å². The molecule has 2 atom stereocenters. The van der Waals surface area contributed by atoms with Crippen LogP contribution in [-0.4, -0.2) is 5.33 Å². The average Bonchev–Trinajstić information content (AvgIpc) is 2.68. The summed E-state index contributed by atoms with van der Waals surface area (Å²) < 4.78 is 1.30. The molecule has 0 spiro atoms. The molecule has 0 amide bonds. The minimum atomic E-state index is 0.837. The zero-order valence-corrected chi connectivity index (χ0v) is 9.88. The van der Waals surface area contributed by atoms with Gasteiger partial charge in [0.2, 0.25) is 0 Å². The zero-order chi connectivity index (χ0) is 7.84. The van der Waals surface area contributed by atoms with Crippen LogP contribution in [0.2, 0.25) is 0 Å². The molecule has 0 aromatic carbocycles. The van der Waals surface area contributed by atoms with Gasteiger partial charge in [0.1, 0.15) is 0 Å². The van der Waals surface area contributed by atoms with Gasteiger partial charge in [-0.3, -0.25) is 0 Å². The van der Waals surface area contributed by atoms with Crippen LogP contribution in [0.3, 0.4) is 0 Å². The van der Waals surface area contributed by atoms with Crippen LogP contribution in [0.1, 0.15) is 17.2 Å². The Hall–Kier alpha value is 0.660. The van der Waals surface area contributed by atoms with Gasteiger partial charge in [0.25, 0.3) is 0 Å². The lowest BCUT2D eigenvalue weighted by Crippen LogP contribution is -1.79. The number of alkyl halides is 1. The molecule has 1 aliphatic carbocycles. The van der Waals surface area contributed by atoms with Crippen LogP contribution in [0.15, 0.2) is 15.9 Å². The van der Waals surface area contributed by atoms with Gasteiger partial charge in [0.15, 0.2) is 0 Å². The van der Waals surface area contributed by atoms with E-state index in [0.717, 1.165) is 17.2 Å². The first-order valence-electron chi connectivity index (χ1n) is 3.61. The average molecular weight is 296 g/mol. The van der Waals surface area contributed by atoms with E-state index in [4.69, 9.17) is 0 Å². The van der Waals surface area contributed by atoms with Gasteiger partial charge in [-0.1, -0.05) is 15.9 Å². The minimum absolute atomic E-state index is 0.837. The Bertz CT molecular complexity index is 256. The number of halogens is 2. The smallest absolute Gasteiger partial charge is 0.0317 e. The highest BCUT2D eigenvalue weighted by Crippen LogP contribution is 2.52. The third-order valence-corrected chi connectivity index (χ3v) is 4.94. The molecule has 0 N–H and O–H groups in total. The summed E-state index contributed by atoms with van der Waals surface area (Å²) in [5.74, 6) is 1.73. The molecule has 11 heavy (non-hydrogen) atoms. The summed E-state index contributed by atoms with van der Waals surface area (Å²) in [6, 6.07) is 2.14. The molecule has 0 nitrogen and oxygen atoms in total. The molecular weight excluding hydrogens is 288 g/mol. The highest BCUT2D eigenvalue weighted by atomic mass is 79.9. The van der Waals surface area contributed by atoms with Crippen molar-refractivity contribution in [1.29, 1.82) is 0 Å². The van der Waals surface area contributed by atoms with E-state index >= 15 is 0 Å². The van der Waals surface area contributed by atoms with Crippen molar-refractivity contribution in [3.8, 4) is 0 Å². The van der Waals surface area contributed by atoms with Crippen molar-refractivity contribution in [3.63, 3.8) is 0 Å². The van der Waals surface area contributed by atoms with E-state index in [1.54, 1.807) is 0 Å². The molecule has 2 unspecified atom stereocenters. The highest BCUT2D eigenvalue weighted by molar-refractivity contribution is 9.10. The monoisotopic (exact) mass is 294 g/mol. The van der Waals surface area contributed by atoms with Crippen molar-refractivity contribution in [2.45, 2.75) is 12.3 Å². The van der Waals surface area contributed by atoms with E-state index in [9.17, 15) is 0 Å². The van der Waals surface area contributed by atoms with Crippen LogP contribution in [-0.2, 0) is 0 Å². The topological polar surface area (TPSA) is 0 Å². The van der Waals surface area contributed by atoms with Gasteiger partial charge in [0, 0.05) is 14.7 Å². The fourth-order valence-electron chi connectivity index (χ4n) is 1.31. The molecular formula is C8H8Br2S. The van der Waals surface area contributed by atoms with Crippen LogP contribution >= 0.6 is 43.2 Å². The third-order valence-electron chi connectivity index (χ3n) is 2.10. The maximum absolute atomic E-state index is 3.56. The summed E-state index contributed by atoms with van der Waals surface area (Å²) in [5, 5.41) is 3.31. The molecule has 1 aromatic rings. The molecule has 1 fully saturated rings. The fourth-order valence-corrected chi connectivity index (χ4v) is 3.90. The van der Waals surface area contributed by atoms with E-state index in [2.05, 4.69) is 43.3 Å². The first-order chi connectivity index (χ1) is 5.33. The predicted molar refractivity (Wildman–Crippen MR) is 56.7 cm³/mol. The maximum Gasteiger partial charge on any atom is 0.0317 e. The lowest BCUT2D eigenvalue weighted by atomic mass is 10.3. The van der Waals surface area contributed by atoms with Crippen LogP contribution < -0.4 is 0 Å². The van der Waals surface area contributed by atoms with Gasteiger partial charge >= 0.3 is 0 Å². The number of hydrogen-bond acceptors (Lipinski definition) is 1. The lowest BCUT2D eigenvalue weighted by molar-refractivity contribution is 0.947. The van der Waals surface area contributed by atoms with Crippen molar-refractivity contribution in [3.05, 3.63) is 20.8 Å². The van der Waals surface area contributed by atoms with Crippen molar-refractivity contribution in [2.75, 3.05) is 5.33 Å². The molecule has 0 aliphatic heterocycles. The summed E-state index contributed by atoms with van der Waals surface area (Å²) >= 11 is 8.95. The van der Waals surface area contributed by atoms with E-state index in [0.29, 0.717) is 0 Å².